The first-order chi connectivity index (χ1) is 13.5. The number of nitrogen functional groups attached to an aromatic ring is 1. The van der Waals surface area contributed by atoms with Gasteiger partial charge in [0.2, 0.25) is 5.95 Å². The van der Waals surface area contributed by atoms with Crippen LogP contribution < -0.4 is 11.1 Å². The van der Waals surface area contributed by atoms with Crippen LogP contribution in [0.15, 0.2) is 35.1 Å². The fourth-order valence-corrected chi connectivity index (χ4v) is 3.43. The number of aliphatic hydroxyl groups excluding tert-OH is 3. The number of hydrogen-bond acceptors (Lipinski definition) is 9. The number of aromatic nitrogens is 4. The summed E-state index contributed by atoms with van der Waals surface area (Å²) in [7, 11) is 0. The quantitative estimate of drug-likeness (QED) is 0.371. The van der Waals surface area contributed by atoms with Crippen molar-refractivity contribution in [1.29, 1.82) is 0 Å². The third kappa shape index (κ3) is 3.31. The molecule has 0 amide bonds. The van der Waals surface area contributed by atoms with Crippen LogP contribution in [0.4, 0.5) is 11.8 Å². The van der Waals surface area contributed by atoms with E-state index in [4.69, 9.17) is 10.5 Å². The lowest BCUT2D eigenvalue weighted by Crippen LogP contribution is -2.33. The molecule has 1 aromatic carbocycles. The average molecular weight is 451 g/mol. The summed E-state index contributed by atoms with van der Waals surface area (Å²) in [6.07, 6.45) is -3.16. The van der Waals surface area contributed by atoms with Crippen molar-refractivity contribution < 1.29 is 20.1 Å². The average Bonchev–Trinajstić information content (AvgIpc) is 3.20. The van der Waals surface area contributed by atoms with Gasteiger partial charge in [0.15, 0.2) is 23.2 Å². The zero-order chi connectivity index (χ0) is 19.8. The Bertz CT molecular complexity index is 982. The van der Waals surface area contributed by atoms with E-state index in [2.05, 4.69) is 36.2 Å². The van der Waals surface area contributed by atoms with E-state index in [0.29, 0.717) is 23.7 Å². The van der Waals surface area contributed by atoms with Crippen LogP contribution in [0.5, 0.6) is 0 Å². The van der Waals surface area contributed by atoms with Crippen molar-refractivity contribution in [3.63, 3.8) is 0 Å². The molecule has 10 nitrogen and oxygen atoms in total. The minimum atomic E-state index is -1.28. The smallest absolute Gasteiger partial charge is 0.207 e. The number of aliphatic hydroxyl groups is 3. The van der Waals surface area contributed by atoms with E-state index in [1.165, 1.54) is 10.9 Å². The normalized spacial score (nSPS) is 24.7. The van der Waals surface area contributed by atoms with E-state index in [-0.39, 0.29) is 5.82 Å². The number of nitrogens with two attached hydrogens (primary N) is 1. The Kier molecular flexibility index (Phi) is 5.17. The van der Waals surface area contributed by atoms with Crippen LogP contribution in [0.2, 0.25) is 0 Å². The van der Waals surface area contributed by atoms with Crippen LogP contribution in [-0.2, 0) is 11.3 Å². The number of hydrogen-bond donors (Lipinski definition) is 5. The summed E-state index contributed by atoms with van der Waals surface area (Å²) in [5.41, 5.74) is 7.62. The molecule has 148 valence electrons. The molecule has 4 rings (SSSR count). The molecule has 3 heterocycles. The lowest BCUT2D eigenvalue weighted by Gasteiger charge is -2.19. The number of benzene rings is 1. The molecule has 28 heavy (non-hydrogen) atoms. The minimum absolute atomic E-state index is 0.183. The van der Waals surface area contributed by atoms with Crippen LogP contribution in [0.1, 0.15) is 11.8 Å². The van der Waals surface area contributed by atoms with Gasteiger partial charge in [0, 0.05) is 11.0 Å². The predicted molar refractivity (Wildman–Crippen MR) is 104 cm³/mol. The van der Waals surface area contributed by atoms with Crippen LogP contribution in [0, 0.1) is 0 Å². The van der Waals surface area contributed by atoms with Gasteiger partial charge in [0.1, 0.15) is 24.6 Å². The number of nitrogens with one attached hydrogen (secondary N) is 1. The highest BCUT2D eigenvalue weighted by Gasteiger charge is 2.45. The molecule has 1 aliphatic rings. The Morgan fingerprint density at radius 3 is 2.61 bits per heavy atom. The van der Waals surface area contributed by atoms with Gasteiger partial charge in [-0.05, 0) is 17.7 Å². The first-order valence-corrected chi connectivity index (χ1v) is 9.38. The number of imidazole rings is 1. The van der Waals surface area contributed by atoms with E-state index in [0.717, 1.165) is 10.0 Å². The van der Waals surface area contributed by atoms with Crippen molar-refractivity contribution in [2.45, 2.75) is 31.1 Å². The van der Waals surface area contributed by atoms with Gasteiger partial charge in [-0.1, -0.05) is 28.1 Å². The van der Waals surface area contributed by atoms with Crippen LogP contribution >= 0.6 is 15.9 Å². The fraction of sp³-hybridized carbons (Fsp3) is 0.353. The van der Waals surface area contributed by atoms with E-state index in [9.17, 15) is 15.3 Å². The van der Waals surface area contributed by atoms with Gasteiger partial charge in [-0.2, -0.15) is 0 Å². The largest absolute Gasteiger partial charge is 0.394 e. The van der Waals surface area contributed by atoms with Crippen molar-refractivity contribution in [3.05, 3.63) is 40.6 Å². The van der Waals surface area contributed by atoms with Crippen LogP contribution in [-0.4, -0.2) is 59.8 Å². The van der Waals surface area contributed by atoms with Crippen molar-refractivity contribution in [2.75, 3.05) is 17.7 Å². The minimum Gasteiger partial charge on any atom is -0.394 e. The second-order valence-electron chi connectivity index (χ2n) is 6.45. The molecule has 3 aromatic rings. The molecule has 6 N–H and O–H groups in total. The van der Waals surface area contributed by atoms with Gasteiger partial charge in [0.25, 0.3) is 0 Å². The maximum Gasteiger partial charge on any atom is 0.207 e. The van der Waals surface area contributed by atoms with Crippen molar-refractivity contribution in [2.24, 2.45) is 0 Å². The van der Waals surface area contributed by atoms with E-state index < -0.39 is 31.1 Å². The third-order valence-electron chi connectivity index (χ3n) is 4.64. The molecule has 11 heteroatoms. The highest BCUT2D eigenvalue weighted by Crippen LogP contribution is 2.35. The lowest BCUT2D eigenvalue weighted by molar-refractivity contribution is -0.0501. The third-order valence-corrected chi connectivity index (χ3v) is 5.17. The standard InChI is InChI=1S/C17H19BrN6O4/c18-9-3-1-8(2-4-9)5-20-17-23-11-14(19)21-7-22-15(11)24(17)16-13(27)12(26)10(6-25)28-16/h1-4,7,10,12-13,16,25-27H,5-6H2,(H,20,23)(H2,19,21,22)/t10-,12-,13-,16-/m1/s1. The second-order valence-corrected chi connectivity index (χ2v) is 7.36. The van der Waals surface area contributed by atoms with E-state index in [1.807, 2.05) is 24.3 Å². The van der Waals surface area contributed by atoms with Crippen molar-refractivity contribution in [1.82, 2.24) is 19.5 Å². The zero-order valence-corrected chi connectivity index (χ0v) is 16.2. The molecular weight excluding hydrogens is 432 g/mol. The zero-order valence-electron chi connectivity index (χ0n) is 14.6. The SMILES string of the molecule is Nc1ncnc2c1nc(NCc1ccc(Br)cc1)n2[C@@H]1O[C@H](CO)[C@@H](O)[C@H]1O. The Labute approximate surface area is 168 Å². The molecule has 0 radical (unpaired) electrons. The molecule has 4 atom stereocenters. The summed E-state index contributed by atoms with van der Waals surface area (Å²) >= 11 is 3.40. The Morgan fingerprint density at radius 1 is 1.18 bits per heavy atom. The number of nitrogens with zero attached hydrogens (tertiary/aromatic N) is 4. The van der Waals surface area contributed by atoms with Crippen LogP contribution in [0.3, 0.4) is 0 Å². The molecule has 1 saturated heterocycles. The summed E-state index contributed by atoms with van der Waals surface area (Å²) in [5.74, 6) is 0.530. The highest BCUT2D eigenvalue weighted by atomic mass is 79.9. The second kappa shape index (κ2) is 7.60. The van der Waals surface area contributed by atoms with Gasteiger partial charge in [-0.25, -0.2) is 15.0 Å². The van der Waals surface area contributed by atoms with Gasteiger partial charge in [0.05, 0.1) is 6.61 Å². The number of anilines is 2. The van der Waals surface area contributed by atoms with Gasteiger partial charge in [-0.15, -0.1) is 0 Å². The molecule has 0 bridgehead atoms. The van der Waals surface area contributed by atoms with Gasteiger partial charge >= 0.3 is 0 Å². The number of halogens is 1. The monoisotopic (exact) mass is 450 g/mol. The summed E-state index contributed by atoms with van der Waals surface area (Å²) < 4.78 is 8.16. The molecule has 0 aliphatic carbocycles. The Hall–Kier alpha value is -2.31. The van der Waals surface area contributed by atoms with Gasteiger partial charge < -0.3 is 31.1 Å². The molecule has 1 aliphatic heterocycles. The lowest BCUT2D eigenvalue weighted by atomic mass is 10.1. The maximum absolute atomic E-state index is 10.5. The molecule has 1 fully saturated rings. The Balaban J connectivity index is 1.72. The van der Waals surface area contributed by atoms with E-state index >= 15 is 0 Å². The van der Waals surface area contributed by atoms with E-state index in [1.54, 1.807) is 0 Å². The molecule has 0 spiro atoms. The topological polar surface area (TPSA) is 152 Å². The van der Waals surface area contributed by atoms with Crippen LogP contribution in [0.25, 0.3) is 11.2 Å². The molecule has 2 aromatic heterocycles. The predicted octanol–water partition coefficient (Wildman–Crippen LogP) is 0.395. The Morgan fingerprint density at radius 2 is 1.93 bits per heavy atom. The fourth-order valence-electron chi connectivity index (χ4n) is 3.17. The number of fused-ring (bicyclic) bond motifs is 1. The van der Waals surface area contributed by atoms with Crippen molar-refractivity contribution in [3.8, 4) is 0 Å². The molecule has 0 saturated carbocycles. The molecular formula is C17H19BrN6O4. The summed E-state index contributed by atoms with van der Waals surface area (Å²) in [6.45, 7) is 0.0128. The highest BCUT2D eigenvalue weighted by molar-refractivity contribution is 9.10. The summed E-state index contributed by atoms with van der Waals surface area (Å²) in [6, 6.07) is 7.75. The maximum atomic E-state index is 10.5. The molecule has 0 unspecified atom stereocenters. The number of ether oxygens (including phenoxy) is 1. The summed E-state index contributed by atoms with van der Waals surface area (Å²) in [5, 5.41) is 33.2. The van der Waals surface area contributed by atoms with Gasteiger partial charge in [-0.3, -0.25) is 4.57 Å². The summed E-state index contributed by atoms with van der Waals surface area (Å²) in [4.78, 5) is 12.6. The number of rotatable bonds is 5. The first-order valence-electron chi connectivity index (χ1n) is 8.58. The van der Waals surface area contributed by atoms with Crippen molar-refractivity contribution >= 4 is 38.9 Å². The first kappa shape index (κ1) is 19.0.